The van der Waals surface area contributed by atoms with Gasteiger partial charge < -0.3 is 9.84 Å². The smallest absolute Gasteiger partial charge is 0.304 e. The van der Waals surface area contributed by atoms with E-state index in [0.717, 1.165) is 11.3 Å². The van der Waals surface area contributed by atoms with E-state index in [1.807, 2.05) is 26.0 Å². The number of hydrogen-bond donors (Lipinski definition) is 1. The van der Waals surface area contributed by atoms with E-state index in [1.54, 1.807) is 6.07 Å². The Hall–Kier alpha value is -1.22. The van der Waals surface area contributed by atoms with Gasteiger partial charge in [0.15, 0.2) is 0 Å². The maximum absolute atomic E-state index is 11.0. The summed E-state index contributed by atoms with van der Waals surface area (Å²) >= 11 is 6.03. The lowest BCUT2D eigenvalue weighted by molar-refractivity contribution is -0.138. The molecule has 1 fully saturated rings. The lowest BCUT2D eigenvalue weighted by atomic mass is 9.81. The fourth-order valence-electron chi connectivity index (χ4n) is 2.12. The number of ether oxygens (including phenoxy) is 1. The van der Waals surface area contributed by atoms with E-state index in [9.17, 15) is 4.79 Å². The molecule has 1 aromatic rings. The highest BCUT2D eigenvalue weighted by Crippen LogP contribution is 2.37. The maximum Gasteiger partial charge on any atom is 0.304 e. The minimum atomic E-state index is -0.821. The molecule has 4 heteroatoms. The van der Waals surface area contributed by atoms with Crippen molar-refractivity contribution in [2.45, 2.75) is 38.5 Å². The molecular formula is C15H19ClO3. The third-order valence-corrected chi connectivity index (χ3v) is 3.67. The summed E-state index contributed by atoms with van der Waals surface area (Å²) < 4.78 is 5.83. The molecule has 3 nitrogen and oxygen atoms in total. The van der Waals surface area contributed by atoms with Crippen LogP contribution in [0, 0.1) is 5.92 Å². The van der Waals surface area contributed by atoms with Crippen LogP contribution in [-0.2, 0) is 10.2 Å². The average Bonchev–Trinajstić information content (AvgIpc) is 3.09. The molecule has 1 aliphatic carbocycles. The van der Waals surface area contributed by atoms with Crippen LogP contribution in [0.1, 0.15) is 38.7 Å². The van der Waals surface area contributed by atoms with Crippen molar-refractivity contribution in [2.75, 3.05) is 6.61 Å². The Morgan fingerprint density at radius 2 is 2.16 bits per heavy atom. The van der Waals surface area contributed by atoms with Gasteiger partial charge in [0.1, 0.15) is 5.75 Å². The Labute approximate surface area is 118 Å². The fourth-order valence-corrected chi connectivity index (χ4v) is 2.29. The fraction of sp³-hybridized carbons (Fsp3) is 0.533. The summed E-state index contributed by atoms with van der Waals surface area (Å²) in [6, 6.07) is 5.43. The molecule has 19 heavy (non-hydrogen) atoms. The van der Waals surface area contributed by atoms with Crippen molar-refractivity contribution >= 4 is 17.6 Å². The highest BCUT2D eigenvalue weighted by molar-refractivity contribution is 6.30. The van der Waals surface area contributed by atoms with E-state index in [2.05, 4.69) is 0 Å². The van der Waals surface area contributed by atoms with E-state index in [4.69, 9.17) is 21.4 Å². The number of carbonyl (C=O) groups is 1. The predicted octanol–water partition coefficient (Wildman–Crippen LogP) is 3.88. The second-order valence-corrected chi connectivity index (χ2v) is 6.29. The Morgan fingerprint density at radius 3 is 2.74 bits per heavy atom. The van der Waals surface area contributed by atoms with Gasteiger partial charge in [-0.25, -0.2) is 0 Å². The topological polar surface area (TPSA) is 46.5 Å². The highest BCUT2D eigenvalue weighted by atomic mass is 35.5. The molecule has 1 saturated carbocycles. The van der Waals surface area contributed by atoms with Gasteiger partial charge >= 0.3 is 5.97 Å². The summed E-state index contributed by atoms with van der Waals surface area (Å²) in [5, 5.41) is 9.63. The van der Waals surface area contributed by atoms with Gasteiger partial charge in [-0.05, 0) is 37.0 Å². The van der Waals surface area contributed by atoms with E-state index < -0.39 is 11.4 Å². The van der Waals surface area contributed by atoms with Crippen molar-refractivity contribution in [3.8, 4) is 5.75 Å². The zero-order valence-corrected chi connectivity index (χ0v) is 12.0. The SMILES string of the molecule is CC(C)(CC(=O)O)c1cc(Cl)ccc1OCC1CC1. The second kappa shape index (κ2) is 5.41. The molecule has 0 bridgehead atoms. The molecule has 0 radical (unpaired) electrons. The van der Waals surface area contributed by atoms with Crippen LogP contribution in [0.25, 0.3) is 0 Å². The van der Waals surface area contributed by atoms with E-state index in [0.29, 0.717) is 17.5 Å². The molecule has 0 aliphatic heterocycles. The first-order valence-electron chi connectivity index (χ1n) is 6.53. The molecule has 0 spiro atoms. The van der Waals surface area contributed by atoms with E-state index in [-0.39, 0.29) is 6.42 Å². The van der Waals surface area contributed by atoms with Gasteiger partial charge in [-0.2, -0.15) is 0 Å². The quantitative estimate of drug-likeness (QED) is 0.861. The van der Waals surface area contributed by atoms with Gasteiger partial charge in [0.2, 0.25) is 0 Å². The largest absolute Gasteiger partial charge is 0.493 e. The molecule has 1 aliphatic rings. The third-order valence-electron chi connectivity index (χ3n) is 3.44. The van der Waals surface area contributed by atoms with Gasteiger partial charge in [0.05, 0.1) is 13.0 Å². The normalized spacial score (nSPS) is 15.3. The van der Waals surface area contributed by atoms with Gasteiger partial charge in [-0.1, -0.05) is 25.4 Å². The van der Waals surface area contributed by atoms with Crippen molar-refractivity contribution in [3.05, 3.63) is 28.8 Å². The summed E-state index contributed by atoms with van der Waals surface area (Å²) in [4.78, 5) is 11.0. The molecule has 0 saturated heterocycles. The van der Waals surface area contributed by atoms with Crippen LogP contribution in [0.2, 0.25) is 5.02 Å². The van der Waals surface area contributed by atoms with Crippen LogP contribution in [0.4, 0.5) is 0 Å². The lowest BCUT2D eigenvalue weighted by Gasteiger charge is -2.26. The summed E-state index contributed by atoms with van der Waals surface area (Å²) in [5.41, 5.74) is 0.360. The Balaban J connectivity index is 2.24. The molecule has 104 valence electrons. The molecule has 0 aromatic heterocycles. The highest BCUT2D eigenvalue weighted by Gasteiger charge is 2.29. The minimum Gasteiger partial charge on any atom is -0.493 e. The molecule has 2 rings (SSSR count). The van der Waals surface area contributed by atoms with Gasteiger partial charge in [0.25, 0.3) is 0 Å². The number of carboxylic acids is 1. The zero-order chi connectivity index (χ0) is 14.0. The van der Waals surface area contributed by atoms with Crippen molar-refractivity contribution in [2.24, 2.45) is 5.92 Å². The summed E-state index contributed by atoms with van der Waals surface area (Å²) in [5.74, 6) is 0.590. The first-order valence-corrected chi connectivity index (χ1v) is 6.91. The number of aliphatic carboxylic acids is 1. The number of halogens is 1. The van der Waals surface area contributed by atoms with Crippen LogP contribution >= 0.6 is 11.6 Å². The Kier molecular flexibility index (Phi) is 4.04. The number of hydrogen-bond acceptors (Lipinski definition) is 2. The van der Waals surface area contributed by atoms with Crippen LogP contribution in [-0.4, -0.2) is 17.7 Å². The summed E-state index contributed by atoms with van der Waals surface area (Å²) in [6.45, 7) is 4.51. The average molecular weight is 283 g/mol. The van der Waals surface area contributed by atoms with Gasteiger partial charge in [-0.3, -0.25) is 4.79 Å². The second-order valence-electron chi connectivity index (χ2n) is 5.85. The molecule has 0 atom stereocenters. The maximum atomic E-state index is 11.0. The van der Waals surface area contributed by atoms with Crippen molar-refractivity contribution in [3.63, 3.8) is 0 Å². The predicted molar refractivity (Wildman–Crippen MR) is 74.9 cm³/mol. The van der Waals surface area contributed by atoms with E-state index in [1.165, 1.54) is 12.8 Å². The monoisotopic (exact) mass is 282 g/mol. The van der Waals surface area contributed by atoms with Crippen molar-refractivity contribution in [1.29, 1.82) is 0 Å². The van der Waals surface area contributed by atoms with Crippen LogP contribution in [0.5, 0.6) is 5.75 Å². The molecule has 0 amide bonds. The Morgan fingerprint density at radius 1 is 1.47 bits per heavy atom. The van der Waals surface area contributed by atoms with Crippen molar-refractivity contribution in [1.82, 2.24) is 0 Å². The summed E-state index contributed by atoms with van der Waals surface area (Å²) in [7, 11) is 0. The summed E-state index contributed by atoms with van der Waals surface area (Å²) in [6.07, 6.45) is 2.50. The number of carboxylic acid groups (broad SMARTS) is 1. The molecule has 1 N–H and O–H groups in total. The zero-order valence-electron chi connectivity index (χ0n) is 11.3. The number of rotatable bonds is 6. The van der Waals surface area contributed by atoms with Crippen LogP contribution < -0.4 is 4.74 Å². The van der Waals surface area contributed by atoms with Crippen LogP contribution in [0.3, 0.4) is 0 Å². The first kappa shape index (κ1) is 14.2. The first-order chi connectivity index (χ1) is 8.88. The van der Waals surface area contributed by atoms with Crippen molar-refractivity contribution < 1.29 is 14.6 Å². The minimum absolute atomic E-state index is 0.0487. The molecule has 1 aromatic carbocycles. The lowest BCUT2D eigenvalue weighted by Crippen LogP contribution is -2.23. The number of benzene rings is 1. The molecular weight excluding hydrogens is 264 g/mol. The molecule has 0 unspecified atom stereocenters. The van der Waals surface area contributed by atoms with Gasteiger partial charge in [0, 0.05) is 16.0 Å². The van der Waals surface area contributed by atoms with Gasteiger partial charge in [-0.15, -0.1) is 0 Å². The molecule has 0 heterocycles. The standard InChI is InChI=1S/C15H19ClO3/c1-15(2,8-14(17)18)12-7-11(16)5-6-13(12)19-9-10-3-4-10/h5-7,10H,3-4,8-9H2,1-2H3,(H,17,18). The van der Waals surface area contributed by atoms with E-state index >= 15 is 0 Å². The Bertz CT molecular complexity index is 478. The van der Waals surface area contributed by atoms with Crippen LogP contribution in [0.15, 0.2) is 18.2 Å². The third kappa shape index (κ3) is 3.87.